The van der Waals surface area contributed by atoms with Crippen molar-refractivity contribution < 1.29 is 8.78 Å². The molecule has 1 aliphatic rings. The molecule has 1 N–H and O–H groups in total. The Bertz CT molecular complexity index is 966. The van der Waals surface area contributed by atoms with Gasteiger partial charge in [-0.05, 0) is 80.9 Å². The van der Waals surface area contributed by atoms with E-state index in [-0.39, 0.29) is 0 Å². The number of rotatable bonds is 5. The molecule has 1 saturated heterocycles. The lowest BCUT2D eigenvalue weighted by atomic mass is 10.0. The summed E-state index contributed by atoms with van der Waals surface area (Å²) in [6.07, 6.45) is 3.92. The summed E-state index contributed by atoms with van der Waals surface area (Å²) in [6.45, 7) is 4.87. The molecule has 0 aliphatic carbocycles. The van der Waals surface area contributed by atoms with Gasteiger partial charge in [0.05, 0.1) is 5.69 Å². The zero-order chi connectivity index (χ0) is 20.2. The maximum absolute atomic E-state index is 13.7. The minimum atomic E-state index is -0.856. The van der Waals surface area contributed by atoms with Crippen LogP contribution in [0.25, 0.3) is 11.3 Å². The number of aromatic nitrogens is 1. The third-order valence-corrected chi connectivity index (χ3v) is 5.51. The molecule has 29 heavy (non-hydrogen) atoms. The number of pyridine rings is 1. The summed E-state index contributed by atoms with van der Waals surface area (Å²) in [5.41, 5.74) is 4.76. The number of anilines is 1. The van der Waals surface area contributed by atoms with Gasteiger partial charge in [-0.15, -0.1) is 0 Å². The van der Waals surface area contributed by atoms with Gasteiger partial charge in [-0.25, -0.2) is 8.78 Å². The first-order chi connectivity index (χ1) is 14.1. The predicted octanol–water partition coefficient (Wildman–Crippen LogP) is 5.09. The molecule has 0 bridgehead atoms. The number of nitrogens with one attached hydrogen (secondary N) is 1. The van der Waals surface area contributed by atoms with Crippen LogP contribution < -0.4 is 10.2 Å². The maximum Gasteiger partial charge on any atom is 0.159 e. The van der Waals surface area contributed by atoms with Gasteiger partial charge in [0.1, 0.15) is 0 Å². The molecule has 5 heteroatoms. The van der Waals surface area contributed by atoms with Crippen molar-refractivity contribution in [3.63, 3.8) is 0 Å². The van der Waals surface area contributed by atoms with Gasteiger partial charge < -0.3 is 10.2 Å². The van der Waals surface area contributed by atoms with Crippen LogP contribution >= 0.6 is 0 Å². The average Bonchev–Trinajstić information content (AvgIpc) is 2.75. The largest absolute Gasteiger partial charge is 0.364 e. The average molecular weight is 393 g/mol. The van der Waals surface area contributed by atoms with Crippen LogP contribution in [0.3, 0.4) is 0 Å². The summed E-state index contributed by atoms with van der Waals surface area (Å²) in [5.74, 6) is -1.70. The Kier molecular flexibility index (Phi) is 5.86. The van der Waals surface area contributed by atoms with E-state index < -0.39 is 11.6 Å². The van der Waals surface area contributed by atoms with E-state index in [1.807, 2.05) is 12.1 Å². The molecule has 1 fully saturated rings. The zero-order valence-electron chi connectivity index (χ0n) is 16.5. The minimum Gasteiger partial charge on any atom is -0.364 e. The van der Waals surface area contributed by atoms with Crippen molar-refractivity contribution in [3.05, 3.63) is 83.6 Å². The Balaban J connectivity index is 1.63. The molecule has 1 aliphatic heterocycles. The number of benzene rings is 2. The van der Waals surface area contributed by atoms with Crippen molar-refractivity contribution in [2.24, 2.45) is 0 Å². The van der Waals surface area contributed by atoms with E-state index in [2.05, 4.69) is 46.4 Å². The zero-order valence-corrected chi connectivity index (χ0v) is 16.5. The molecular formula is C24H25F2N3. The number of halogens is 2. The molecule has 2 aromatic carbocycles. The van der Waals surface area contributed by atoms with Gasteiger partial charge in [0.2, 0.25) is 0 Å². The summed E-state index contributed by atoms with van der Waals surface area (Å²) < 4.78 is 26.9. The van der Waals surface area contributed by atoms with Gasteiger partial charge in [0, 0.05) is 30.0 Å². The van der Waals surface area contributed by atoms with E-state index in [1.54, 1.807) is 12.3 Å². The second-order valence-corrected chi connectivity index (χ2v) is 7.62. The molecule has 0 spiro atoms. The van der Waals surface area contributed by atoms with Crippen LogP contribution in [0.15, 0.2) is 60.8 Å². The highest BCUT2D eigenvalue weighted by molar-refractivity contribution is 5.60. The molecular weight excluding hydrogens is 368 g/mol. The normalized spacial score (nSPS) is 14.7. The fraction of sp³-hybridized carbons (Fsp3) is 0.292. The second-order valence-electron chi connectivity index (χ2n) is 7.62. The third-order valence-electron chi connectivity index (χ3n) is 5.51. The Morgan fingerprint density at radius 3 is 2.45 bits per heavy atom. The van der Waals surface area contributed by atoms with Crippen molar-refractivity contribution in [1.29, 1.82) is 0 Å². The first-order valence-corrected chi connectivity index (χ1v) is 10.0. The predicted molar refractivity (Wildman–Crippen MR) is 113 cm³/mol. The van der Waals surface area contributed by atoms with E-state index in [4.69, 9.17) is 0 Å². The van der Waals surface area contributed by atoms with Crippen LogP contribution in [-0.2, 0) is 6.54 Å². The standard InChI is InChI=1S/C24H25F2N3/c1-17-2-5-20(6-3-17)29(21-9-11-27-12-10-21)16-18-8-13-28-24(14-18)19-4-7-22(25)23(26)15-19/h2-8,13-15,21,27H,9-12,16H2,1H3. The van der Waals surface area contributed by atoms with Crippen LogP contribution in [0.2, 0.25) is 0 Å². The number of hydrogen-bond donors (Lipinski definition) is 1. The smallest absolute Gasteiger partial charge is 0.159 e. The van der Waals surface area contributed by atoms with E-state index in [0.717, 1.165) is 44.1 Å². The molecule has 0 saturated carbocycles. The van der Waals surface area contributed by atoms with Crippen molar-refractivity contribution in [1.82, 2.24) is 10.3 Å². The Hall–Kier alpha value is -2.79. The first-order valence-electron chi connectivity index (χ1n) is 10.0. The summed E-state index contributed by atoms with van der Waals surface area (Å²) >= 11 is 0. The number of aryl methyl sites for hydroxylation is 1. The minimum absolute atomic E-state index is 0.457. The first kappa shape index (κ1) is 19.5. The molecule has 1 aromatic heterocycles. The van der Waals surface area contributed by atoms with Gasteiger partial charge in [-0.2, -0.15) is 0 Å². The SMILES string of the molecule is Cc1ccc(N(Cc2ccnc(-c3ccc(F)c(F)c3)c2)C2CCNCC2)cc1. The molecule has 2 heterocycles. The quantitative estimate of drug-likeness (QED) is 0.654. The Morgan fingerprint density at radius 2 is 1.72 bits per heavy atom. The number of hydrogen-bond acceptors (Lipinski definition) is 3. The van der Waals surface area contributed by atoms with E-state index >= 15 is 0 Å². The number of piperidine rings is 1. The molecule has 0 amide bonds. The molecule has 3 aromatic rings. The summed E-state index contributed by atoms with van der Waals surface area (Å²) in [6, 6.07) is 17.0. The molecule has 3 nitrogen and oxygen atoms in total. The van der Waals surface area contributed by atoms with Gasteiger partial charge in [-0.1, -0.05) is 17.7 Å². The Morgan fingerprint density at radius 1 is 0.966 bits per heavy atom. The van der Waals surface area contributed by atoms with E-state index in [0.29, 0.717) is 17.3 Å². The molecule has 150 valence electrons. The van der Waals surface area contributed by atoms with Gasteiger partial charge >= 0.3 is 0 Å². The summed E-state index contributed by atoms with van der Waals surface area (Å²) in [4.78, 5) is 6.82. The van der Waals surface area contributed by atoms with Crippen LogP contribution in [0, 0.1) is 18.6 Å². The van der Waals surface area contributed by atoms with Crippen LogP contribution in [0.4, 0.5) is 14.5 Å². The maximum atomic E-state index is 13.7. The van der Waals surface area contributed by atoms with Gasteiger partial charge in [-0.3, -0.25) is 4.98 Å². The Labute approximate surface area is 170 Å². The summed E-state index contributed by atoms with van der Waals surface area (Å²) in [5, 5.41) is 3.43. The second kappa shape index (κ2) is 8.70. The number of nitrogens with zero attached hydrogens (tertiary/aromatic N) is 2. The van der Waals surface area contributed by atoms with Crippen molar-refractivity contribution in [3.8, 4) is 11.3 Å². The highest BCUT2D eigenvalue weighted by Gasteiger charge is 2.22. The van der Waals surface area contributed by atoms with Crippen molar-refractivity contribution in [2.75, 3.05) is 18.0 Å². The monoisotopic (exact) mass is 393 g/mol. The topological polar surface area (TPSA) is 28.2 Å². The van der Waals surface area contributed by atoms with Crippen molar-refractivity contribution in [2.45, 2.75) is 32.4 Å². The van der Waals surface area contributed by atoms with Crippen LogP contribution in [-0.4, -0.2) is 24.1 Å². The van der Waals surface area contributed by atoms with Crippen LogP contribution in [0.1, 0.15) is 24.0 Å². The third kappa shape index (κ3) is 4.62. The molecule has 0 unspecified atom stereocenters. The molecule has 4 rings (SSSR count). The van der Waals surface area contributed by atoms with E-state index in [1.165, 1.54) is 17.3 Å². The highest BCUT2D eigenvalue weighted by atomic mass is 19.2. The van der Waals surface area contributed by atoms with Gasteiger partial charge in [0.15, 0.2) is 11.6 Å². The fourth-order valence-electron chi connectivity index (χ4n) is 3.87. The highest BCUT2D eigenvalue weighted by Crippen LogP contribution is 2.26. The summed E-state index contributed by atoms with van der Waals surface area (Å²) in [7, 11) is 0. The molecule has 0 radical (unpaired) electrons. The van der Waals surface area contributed by atoms with E-state index in [9.17, 15) is 8.78 Å². The van der Waals surface area contributed by atoms with Crippen molar-refractivity contribution >= 4 is 5.69 Å². The lowest BCUT2D eigenvalue weighted by molar-refractivity contribution is 0.428. The van der Waals surface area contributed by atoms with Crippen LogP contribution in [0.5, 0.6) is 0 Å². The fourth-order valence-corrected chi connectivity index (χ4v) is 3.87. The lowest BCUT2D eigenvalue weighted by Gasteiger charge is -2.36. The molecule has 0 atom stereocenters. The lowest BCUT2D eigenvalue weighted by Crippen LogP contribution is -2.43. The van der Waals surface area contributed by atoms with Gasteiger partial charge in [0.25, 0.3) is 0 Å².